The standard InChI is InChI=1S/C6H7Br2N3O3/c1-2-6(7,8)11-4(13)9-3(12)10-5(11)14/h2H2,1H3,(H2,9,10,12,13,14). The van der Waals surface area contributed by atoms with E-state index in [1.54, 1.807) is 6.92 Å². The Kier molecular flexibility index (Phi) is 3.15. The summed E-state index contributed by atoms with van der Waals surface area (Å²) in [5.74, 6) is 0. The molecule has 0 aliphatic heterocycles. The summed E-state index contributed by atoms with van der Waals surface area (Å²) in [4.78, 5) is 37.2. The molecule has 0 unspecified atom stereocenters. The van der Waals surface area contributed by atoms with Gasteiger partial charge in [-0.2, -0.15) is 0 Å². The fourth-order valence-electron chi connectivity index (χ4n) is 0.885. The number of aromatic nitrogens is 3. The minimum Gasteiger partial charge on any atom is -0.259 e. The van der Waals surface area contributed by atoms with Crippen LogP contribution in [0.3, 0.4) is 0 Å². The van der Waals surface area contributed by atoms with Gasteiger partial charge in [-0.3, -0.25) is 9.97 Å². The maximum absolute atomic E-state index is 11.3. The average molecular weight is 329 g/mol. The molecule has 8 heteroatoms. The number of nitrogens with one attached hydrogen (secondary N) is 2. The third-order valence-electron chi connectivity index (χ3n) is 1.60. The normalized spacial score (nSPS) is 11.6. The Balaban J connectivity index is 3.60. The second-order valence-electron chi connectivity index (χ2n) is 2.54. The lowest BCUT2D eigenvalue weighted by molar-refractivity contribution is 0.548. The molecule has 0 aromatic carbocycles. The lowest BCUT2D eigenvalue weighted by Crippen LogP contribution is -2.48. The van der Waals surface area contributed by atoms with Gasteiger partial charge < -0.3 is 0 Å². The Bertz CT molecular complexity index is 464. The van der Waals surface area contributed by atoms with Gasteiger partial charge in [-0.05, 0) is 38.3 Å². The van der Waals surface area contributed by atoms with Crippen LogP contribution in [0.1, 0.15) is 13.3 Å². The highest BCUT2D eigenvalue weighted by atomic mass is 79.9. The van der Waals surface area contributed by atoms with E-state index >= 15 is 0 Å². The molecule has 2 N–H and O–H groups in total. The molecule has 0 saturated heterocycles. The van der Waals surface area contributed by atoms with E-state index in [2.05, 4.69) is 31.9 Å². The fourth-order valence-corrected chi connectivity index (χ4v) is 1.53. The number of hydrogen-bond acceptors (Lipinski definition) is 3. The van der Waals surface area contributed by atoms with Crippen molar-refractivity contribution in [3.8, 4) is 0 Å². The Morgan fingerprint density at radius 3 is 2.00 bits per heavy atom. The second-order valence-corrected chi connectivity index (χ2v) is 6.23. The summed E-state index contributed by atoms with van der Waals surface area (Å²) in [6, 6.07) is 0. The molecule has 14 heavy (non-hydrogen) atoms. The number of nitrogens with zero attached hydrogens (tertiary/aromatic N) is 1. The van der Waals surface area contributed by atoms with Crippen LogP contribution in [0.2, 0.25) is 0 Å². The summed E-state index contributed by atoms with van der Waals surface area (Å²) in [5.41, 5.74) is -2.35. The van der Waals surface area contributed by atoms with Crippen LogP contribution >= 0.6 is 31.9 Å². The van der Waals surface area contributed by atoms with Crippen LogP contribution < -0.4 is 17.1 Å². The zero-order valence-electron chi connectivity index (χ0n) is 7.13. The van der Waals surface area contributed by atoms with E-state index in [-0.39, 0.29) is 0 Å². The lowest BCUT2D eigenvalue weighted by atomic mass is 10.5. The van der Waals surface area contributed by atoms with Crippen LogP contribution in [-0.2, 0) is 3.36 Å². The predicted octanol–water partition coefficient (Wildman–Crippen LogP) is 0.0350. The van der Waals surface area contributed by atoms with E-state index in [0.29, 0.717) is 6.42 Å². The van der Waals surface area contributed by atoms with Crippen molar-refractivity contribution < 1.29 is 0 Å². The van der Waals surface area contributed by atoms with Crippen molar-refractivity contribution in [2.24, 2.45) is 0 Å². The number of hydrogen-bond donors (Lipinski definition) is 2. The predicted molar refractivity (Wildman–Crippen MR) is 58.1 cm³/mol. The van der Waals surface area contributed by atoms with Crippen LogP contribution in [0.15, 0.2) is 14.4 Å². The summed E-state index contributed by atoms with van der Waals surface area (Å²) < 4.78 is -0.136. The molecular weight excluding hydrogens is 322 g/mol. The van der Waals surface area contributed by atoms with Gasteiger partial charge in [-0.1, -0.05) is 6.92 Å². The van der Waals surface area contributed by atoms with E-state index < -0.39 is 20.4 Å². The Labute approximate surface area is 94.6 Å². The molecule has 0 fully saturated rings. The minimum absolute atomic E-state index is 0.446. The van der Waals surface area contributed by atoms with Crippen molar-refractivity contribution in [2.45, 2.75) is 16.7 Å². The first kappa shape index (κ1) is 11.4. The maximum Gasteiger partial charge on any atom is 0.335 e. The summed E-state index contributed by atoms with van der Waals surface area (Å²) >= 11 is 6.31. The number of aromatic amines is 2. The van der Waals surface area contributed by atoms with Crippen LogP contribution in [0.25, 0.3) is 0 Å². The third kappa shape index (κ3) is 2.06. The maximum atomic E-state index is 11.3. The topological polar surface area (TPSA) is 87.7 Å². The number of rotatable bonds is 2. The van der Waals surface area contributed by atoms with Crippen LogP contribution in [0.4, 0.5) is 0 Å². The van der Waals surface area contributed by atoms with Gasteiger partial charge in [-0.25, -0.2) is 19.0 Å². The van der Waals surface area contributed by atoms with Crippen molar-refractivity contribution in [1.82, 2.24) is 14.5 Å². The van der Waals surface area contributed by atoms with E-state index in [0.717, 1.165) is 4.57 Å². The second kappa shape index (κ2) is 3.85. The first-order chi connectivity index (χ1) is 6.38. The molecular formula is C6H7Br2N3O3. The third-order valence-corrected chi connectivity index (χ3v) is 3.43. The monoisotopic (exact) mass is 327 g/mol. The van der Waals surface area contributed by atoms with Crippen molar-refractivity contribution in [3.05, 3.63) is 31.5 Å². The quantitative estimate of drug-likeness (QED) is 0.751. The molecule has 1 rings (SSSR count). The van der Waals surface area contributed by atoms with Gasteiger partial charge in [0.2, 0.25) is 0 Å². The van der Waals surface area contributed by atoms with Crippen LogP contribution in [0, 0.1) is 0 Å². The molecule has 1 aromatic rings. The zero-order chi connectivity index (χ0) is 10.9. The van der Waals surface area contributed by atoms with Gasteiger partial charge >= 0.3 is 17.1 Å². The molecule has 0 atom stereocenters. The molecule has 6 nitrogen and oxygen atoms in total. The fraction of sp³-hybridized carbons (Fsp3) is 0.500. The average Bonchev–Trinajstić information content (AvgIpc) is 2.01. The number of halogens is 2. The lowest BCUT2D eigenvalue weighted by Gasteiger charge is -2.18. The van der Waals surface area contributed by atoms with E-state index in [9.17, 15) is 14.4 Å². The van der Waals surface area contributed by atoms with Crippen LogP contribution in [0.5, 0.6) is 0 Å². The molecule has 0 aliphatic carbocycles. The van der Waals surface area contributed by atoms with Gasteiger partial charge in [0.05, 0.1) is 0 Å². The zero-order valence-corrected chi connectivity index (χ0v) is 10.3. The summed E-state index contributed by atoms with van der Waals surface area (Å²) in [7, 11) is 0. The van der Waals surface area contributed by atoms with Gasteiger partial charge in [-0.15, -0.1) is 0 Å². The highest BCUT2D eigenvalue weighted by Crippen LogP contribution is 2.32. The van der Waals surface area contributed by atoms with Crippen molar-refractivity contribution >= 4 is 31.9 Å². The first-order valence-corrected chi connectivity index (χ1v) is 5.31. The van der Waals surface area contributed by atoms with Gasteiger partial charge in [0.1, 0.15) is 0 Å². The minimum atomic E-state index is -0.977. The molecule has 1 aromatic heterocycles. The number of H-pyrrole nitrogens is 2. The Morgan fingerprint density at radius 1 is 1.21 bits per heavy atom. The molecule has 0 bridgehead atoms. The molecule has 0 radical (unpaired) electrons. The van der Waals surface area contributed by atoms with E-state index in [4.69, 9.17) is 0 Å². The molecule has 78 valence electrons. The number of alkyl halides is 2. The Morgan fingerprint density at radius 2 is 1.64 bits per heavy atom. The summed E-state index contributed by atoms with van der Waals surface area (Å²) in [5, 5.41) is 0. The van der Waals surface area contributed by atoms with E-state index in [1.165, 1.54) is 0 Å². The SMILES string of the molecule is CCC(Br)(Br)n1c(=O)[nH]c(=O)[nH]c1=O. The van der Waals surface area contributed by atoms with Crippen LogP contribution in [-0.4, -0.2) is 14.5 Å². The molecule has 1 heterocycles. The van der Waals surface area contributed by atoms with Gasteiger partial charge in [0, 0.05) is 0 Å². The summed E-state index contributed by atoms with van der Waals surface area (Å²) in [6.07, 6.45) is 0.446. The summed E-state index contributed by atoms with van der Waals surface area (Å²) in [6.45, 7) is 1.76. The van der Waals surface area contributed by atoms with E-state index in [1.807, 2.05) is 9.97 Å². The smallest absolute Gasteiger partial charge is 0.259 e. The van der Waals surface area contributed by atoms with Gasteiger partial charge in [0.25, 0.3) is 0 Å². The molecule has 0 spiro atoms. The highest BCUT2D eigenvalue weighted by Gasteiger charge is 2.26. The molecule has 0 saturated carbocycles. The molecule has 0 aliphatic rings. The highest BCUT2D eigenvalue weighted by molar-refractivity contribution is 9.24. The first-order valence-electron chi connectivity index (χ1n) is 3.72. The van der Waals surface area contributed by atoms with Crippen molar-refractivity contribution in [3.63, 3.8) is 0 Å². The van der Waals surface area contributed by atoms with Crippen molar-refractivity contribution in [1.29, 1.82) is 0 Å². The van der Waals surface area contributed by atoms with Gasteiger partial charge in [0.15, 0.2) is 3.36 Å². The van der Waals surface area contributed by atoms with Crippen molar-refractivity contribution in [2.75, 3.05) is 0 Å². The molecule has 0 amide bonds. The largest absolute Gasteiger partial charge is 0.335 e. The Hall–Kier alpha value is -0.630.